The van der Waals surface area contributed by atoms with Crippen LogP contribution in [0.3, 0.4) is 0 Å². The second-order valence-electron chi connectivity index (χ2n) is 4.78. The van der Waals surface area contributed by atoms with Crippen LogP contribution in [0.2, 0.25) is 0 Å². The van der Waals surface area contributed by atoms with Crippen molar-refractivity contribution in [2.24, 2.45) is 0 Å². The molecule has 1 atom stereocenters. The fourth-order valence-corrected chi connectivity index (χ4v) is 2.53. The highest BCUT2D eigenvalue weighted by atomic mass is 32.2. The van der Waals surface area contributed by atoms with E-state index < -0.39 is 0 Å². The maximum Gasteiger partial charge on any atom is 0.150 e. The first-order valence-corrected chi connectivity index (χ1v) is 7.35. The van der Waals surface area contributed by atoms with Crippen LogP contribution in [0.5, 0.6) is 0 Å². The standard InChI is InChI=1S/C12H24N4S/c1-8(2)16-12(11(13)10(4)14-16)15(5)9(3)7-17-6/h8-9H,7,13H2,1-6H3. The number of thioether (sulfide) groups is 1. The van der Waals surface area contributed by atoms with Gasteiger partial charge in [-0.2, -0.15) is 16.9 Å². The monoisotopic (exact) mass is 256 g/mol. The molecule has 0 saturated heterocycles. The van der Waals surface area contributed by atoms with Gasteiger partial charge in [0, 0.05) is 24.9 Å². The third kappa shape index (κ3) is 2.89. The Hall–Kier alpha value is -0.840. The summed E-state index contributed by atoms with van der Waals surface area (Å²) in [5, 5.41) is 4.52. The van der Waals surface area contributed by atoms with Gasteiger partial charge in [0.05, 0.1) is 11.4 Å². The Labute approximate surface area is 109 Å². The van der Waals surface area contributed by atoms with Gasteiger partial charge in [-0.1, -0.05) is 0 Å². The van der Waals surface area contributed by atoms with Crippen molar-refractivity contribution in [2.45, 2.75) is 39.8 Å². The van der Waals surface area contributed by atoms with Gasteiger partial charge in [0.1, 0.15) is 0 Å². The molecular weight excluding hydrogens is 232 g/mol. The van der Waals surface area contributed by atoms with E-state index in [4.69, 9.17) is 5.73 Å². The van der Waals surface area contributed by atoms with Crippen LogP contribution < -0.4 is 10.6 Å². The number of nitrogen functional groups attached to an aromatic ring is 1. The van der Waals surface area contributed by atoms with Crippen molar-refractivity contribution in [1.82, 2.24) is 9.78 Å². The van der Waals surface area contributed by atoms with E-state index in [0.717, 1.165) is 23.0 Å². The van der Waals surface area contributed by atoms with Crippen molar-refractivity contribution < 1.29 is 0 Å². The number of rotatable bonds is 5. The highest BCUT2D eigenvalue weighted by Crippen LogP contribution is 2.30. The molecule has 0 aliphatic rings. The number of nitrogens with zero attached hydrogens (tertiary/aromatic N) is 3. The van der Waals surface area contributed by atoms with Crippen molar-refractivity contribution in [3.05, 3.63) is 5.69 Å². The normalized spacial score (nSPS) is 13.1. The summed E-state index contributed by atoms with van der Waals surface area (Å²) in [5.74, 6) is 2.12. The molecule has 1 heterocycles. The van der Waals surface area contributed by atoms with Gasteiger partial charge in [-0.25, -0.2) is 4.68 Å². The molecule has 0 radical (unpaired) electrons. The average molecular weight is 256 g/mol. The molecule has 0 aliphatic heterocycles. The Morgan fingerprint density at radius 3 is 2.47 bits per heavy atom. The fraction of sp³-hybridized carbons (Fsp3) is 0.750. The number of aryl methyl sites for hydroxylation is 1. The summed E-state index contributed by atoms with van der Waals surface area (Å²) in [4.78, 5) is 2.23. The van der Waals surface area contributed by atoms with Crippen LogP contribution in [0.15, 0.2) is 0 Å². The Morgan fingerprint density at radius 2 is 2.00 bits per heavy atom. The number of nitrogens with two attached hydrogens (primary N) is 1. The lowest BCUT2D eigenvalue weighted by Crippen LogP contribution is -2.33. The maximum atomic E-state index is 6.14. The SMILES string of the molecule is CSCC(C)N(C)c1c(N)c(C)nn1C(C)C. The van der Waals surface area contributed by atoms with E-state index in [1.54, 1.807) is 0 Å². The van der Waals surface area contributed by atoms with Gasteiger partial charge in [-0.05, 0) is 34.0 Å². The quantitative estimate of drug-likeness (QED) is 0.879. The summed E-state index contributed by atoms with van der Waals surface area (Å²) in [7, 11) is 2.09. The Morgan fingerprint density at radius 1 is 1.41 bits per heavy atom. The smallest absolute Gasteiger partial charge is 0.150 e. The topological polar surface area (TPSA) is 47.1 Å². The first-order chi connectivity index (χ1) is 7.90. The first kappa shape index (κ1) is 14.2. The zero-order valence-corrected chi connectivity index (χ0v) is 12.5. The second kappa shape index (κ2) is 5.67. The van der Waals surface area contributed by atoms with Crippen molar-refractivity contribution in [3.63, 3.8) is 0 Å². The summed E-state index contributed by atoms with van der Waals surface area (Å²) < 4.78 is 2.02. The summed E-state index contributed by atoms with van der Waals surface area (Å²) >= 11 is 1.85. The minimum absolute atomic E-state index is 0.324. The lowest BCUT2D eigenvalue weighted by atomic mass is 10.3. The molecule has 0 bridgehead atoms. The molecule has 2 N–H and O–H groups in total. The van der Waals surface area contributed by atoms with Crippen LogP contribution in [-0.4, -0.2) is 34.9 Å². The highest BCUT2D eigenvalue weighted by molar-refractivity contribution is 7.98. The molecule has 4 nitrogen and oxygen atoms in total. The highest BCUT2D eigenvalue weighted by Gasteiger charge is 2.21. The van der Waals surface area contributed by atoms with Crippen LogP contribution in [0.4, 0.5) is 11.5 Å². The Kier molecular flexibility index (Phi) is 4.74. The predicted octanol–water partition coefficient (Wildman–Crippen LogP) is 2.54. The molecule has 1 aromatic heterocycles. The first-order valence-electron chi connectivity index (χ1n) is 5.96. The molecule has 0 spiro atoms. The van der Waals surface area contributed by atoms with Gasteiger partial charge in [-0.3, -0.25) is 0 Å². The van der Waals surface area contributed by atoms with Crippen molar-refractivity contribution >= 4 is 23.3 Å². The van der Waals surface area contributed by atoms with Crippen LogP contribution in [0, 0.1) is 6.92 Å². The van der Waals surface area contributed by atoms with E-state index in [1.165, 1.54) is 0 Å². The van der Waals surface area contributed by atoms with E-state index in [9.17, 15) is 0 Å². The molecule has 0 saturated carbocycles. The largest absolute Gasteiger partial charge is 0.394 e. The zero-order valence-electron chi connectivity index (χ0n) is 11.7. The molecule has 1 aromatic rings. The zero-order chi connectivity index (χ0) is 13.2. The number of hydrogen-bond donors (Lipinski definition) is 1. The Balaban J connectivity index is 3.10. The predicted molar refractivity (Wildman–Crippen MR) is 78.0 cm³/mol. The second-order valence-corrected chi connectivity index (χ2v) is 5.69. The average Bonchev–Trinajstić information content (AvgIpc) is 2.55. The molecule has 5 heteroatoms. The van der Waals surface area contributed by atoms with E-state index >= 15 is 0 Å². The third-order valence-electron chi connectivity index (χ3n) is 3.00. The van der Waals surface area contributed by atoms with E-state index in [0.29, 0.717) is 12.1 Å². The third-order valence-corrected chi connectivity index (χ3v) is 3.81. The molecule has 0 aliphatic carbocycles. The van der Waals surface area contributed by atoms with Crippen molar-refractivity contribution in [2.75, 3.05) is 29.7 Å². The van der Waals surface area contributed by atoms with Crippen molar-refractivity contribution in [1.29, 1.82) is 0 Å². The van der Waals surface area contributed by atoms with Gasteiger partial charge in [0.15, 0.2) is 5.82 Å². The van der Waals surface area contributed by atoms with E-state index in [-0.39, 0.29) is 0 Å². The van der Waals surface area contributed by atoms with Crippen LogP contribution in [-0.2, 0) is 0 Å². The molecular formula is C12H24N4S. The van der Waals surface area contributed by atoms with Crippen LogP contribution in [0.25, 0.3) is 0 Å². The summed E-state index contributed by atoms with van der Waals surface area (Å²) in [5.41, 5.74) is 7.86. The lowest BCUT2D eigenvalue weighted by Gasteiger charge is -2.28. The molecule has 0 aromatic carbocycles. The number of anilines is 2. The lowest BCUT2D eigenvalue weighted by molar-refractivity contribution is 0.521. The van der Waals surface area contributed by atoms with Crippen molar-refractivity contribution in [3.8, 4) is 0 Å². The fourth-order valence-electron chi connectivity index (χ4n) is 1.82. The van der Waals surface area contributed by atoms with Gasteiger partial charge in [0.2, 0.25) is 0 Å². The van der Waals surface area contributed by atoms with Gasteiger partial charge >= 0.3 is 0 Å². The Bertz CT molecular complexity index is 373. The van der Waals surface area contributed by atoms with Gasteiger partial charge in [-0.15, -0.1) is 0 Å². The molecule has 17 heavy (non-hydrogen) atoms. The number of aromatic nitrogens is 2. The van der Waals surface area contributed by atoms with Crippen LogP contribution in [0.1, 0.15) is 32.5 Å². The maximum absolute atomic E-state index is 6.14. The minimum atomic E-state index is 0.324. The van der Waals surface area contributed by atoms with Crippen LogP contribution >= 0.6 is 11.8 Å². The molecule has 0 fully saturated rings. The van der Waals surface area contributed by atoms with Gasteiger partial charge in [0.25, 0.3) is 0 Å². The molecule has 0 amide bonds. The van der Waals surface area contributed by atoms with E-state index in [2.05, 4.69) is 44.1 Å². The van der Waals surface area contributed by atoms with E-state index in [1.807, 2.05) is 23.4 Å². The number of hydrogen-bond acceptors (Lipinski definition) is 4. The summed E-state index contributed by atoms with van der Waals surface area (Å²) in [6.07, 6.45) is 2.12. The molecule has 1 unspecified atom stereocenters. The molecule has 1 rings (SSSR count). The summed E-state index contributed by atoms with van der Waals surface area (Å²) in [6, 6.07) is 0.769. The van der Waals surface area contributed by atoms with Gasteiger partial charge < -0.3 is 10.6 Å². The molecule has 98 valence electrons. The summed E-state index contributed by atoms with van der Waals surface area (Å²) in [6.45, 7) is 8.43. The minimum Gasteiger partial charge on any atom is -0.394 e.